The molecule has 6 heteroatoms. The first kappa shape index (κ1) is 20.4. The Morgan fingerprint density at radius 2 is 1.93 bits per heavy atom. The molecule has 2 saturated heterocycles. The van der Waals surface area contributed by atoms with Crippen molar-refractivity contribution in [2.75, 3.05) is 39.8 Å². The van der Waals surface area contributed by atoms with E-state index < -0.39 is 0 Å². The van der Waals surface area contributed by atoms with Crippen molar-refractivity contribution in [2.45, 2.75) is 43.7 Å². The van der Waals surface area contributed by atoms with E-state index in [9.17, 15) is 4.79 Å². The van der Waals surface area contributed by atoms with Gasteiger partial charge in [0.15, 0.2) is 0 Å². The quantitative estimate of drug-likeness (QED) is 0.855. The average molecular weight is 394 g/mol. The van der Waals surface area contributed by atoms with Crippen molar-refractivity contribution in [3.05, 3.63) is 35.9 Å². The molecular weight excluding hydrogens is 362 g/mol. The summed E-state index contributed by atoms with van der Waals surface area (Å²) in [6, 6.07) is 11.6. The van der Waals surface area contributed by atoms with Crippen molar-refractivity contribution in [1.29, 1.82) is 0 Å². The van der Waals surface area contributed by atoms with Gasteiger partial charge in [0.1, 0.15) is 0 Å². The molecule has 0 radical (unpaired) electrons. The van der Waals surface area contributed by atoms with Gasteiger partial charge < -0.3 is 15.0 Å². The number of nitrogens with one attached hydrogen (secondary N) is 1. The molecule has 0 aromatic heterocycles. The van der Waals surface area contributed by atoms with E-state index in [0.29, 0.717) is 19.2 Å². The minimum Gasteiger partial charge on any atom is -0.371 e. The van der Waals surface area contributed by atoms with Gasteiger partial charge in [-0.1, -0.05) is 30.3 Å². The highest BCUT2D eigenvalue weighted by Crippen LogP contribution is 2.39. The number of carbonyl (C=O) groups is 1. The van der Waals surface area contributed by atoms with Crippen molar-refractivity contribution >= 4 is 18.4 Å². The number of benzene rings is 1. The molecule has 1 aliphatic carbocycles. The maximum Gasteiger partial charge on any atom is 0.317 e. The molecule has 1 N–H and O–H groups in total. The molecule has 1 aromatic carbocycles. The van der Waals surface area contributed by atoms with Crippen LogP contribution in [0.15, 0.2) is 30.3 Å². The predicted octanol–water partition coefficient (Wildman–Crippen LogP) is 2.94. The molecule has 1 atom stereocenters. The van der Waals surface area contributed by atoms with Crippen LogP contribution in [0, 0.1) is 5.92 Å². The second kappa shape index (κ2) is 8.80. The number of hydrogen-bond donors (Lipinski definition) is 1. The first-order chi connectivity index (χ1) is 12.7. The third kappa shape index (κ3) is 4.76. The summed E-state index contributed by atoms with van der Waals surface area (Å²) < 4.78 is 6.21. The lowest BCUT2D eigenvalue weighted by Gasteiger charge is -2.48. The van der Waals surface area contributed by atoms with Gasteiger partial charge in [-0.3, -0.25) is 4.90 Å². The standard InChI is InChI=1S/C21H31N3O2.ClH/c1-22-20(25)24-13-14-26-21(16-24)9-11-23(12-10-21)19(18-7-8-18)15-17-5-3-2-4-6-17;/h2-6,18-19H,7-16H2,1H3,(H,22,25);1H. The lowest BCUT2D eigenvalue weighted by molar-refractivity contribution is -0.129. The zero-order valence-corrected chi connectivity index (χ0v) is 17.0. The van der Waals surface area contributed by atoms with Gasteiger partial charge in [-0.15, -0.1) is 12.4 Å². The van der Waals surface area contributed by atoms with Crippen molar-refractivity contribution < 1.29 is 9.53 Å². The van der Waals surface area contributed by atoms with Crippen LogP contribution in [0.2, 0.25) is 0 Å². The fourth-order valence-corrected chi connectivity index (χ4v) is 4.67. The second-order valence-corrected chi connectivity index (χ2v) is 8.14. The zero-order chi connectivity index (χ0) is 18.0. The Morgan fingerprint density at radius 3 is 2.56 bits per heavy atom. The maximum atomic E-state index is 12.0. The lowest BCUT2D eigenvalue weighted by atomic mass is 9.87. The minimum atomic E-state index is -0.137. The van der Waals surface area contributed by atoms with E-state index in [4.69, 9.17) is 4.74 Å². The Morgan fingerprint density at radius 1 is 1.22 bits per heavy atom. The lowest BCUT2D eigenvalue weighted by Crippen LogP contribution is -2.60. The van der Waals surface area contributed by atoms with E-state index in [-0.39, 0.29) is 24.0 Å². The Labute approximate surface area is 168 Å². The minimum absolute atomic E-state index is 0. The first-order valence-corrected chi connectivity index (χ1v) is 10.1. The van der Waals surface area contributed by atoms with Crippen molar-refractivity contribution in [2.24, 2.45) is 5.92 Å². The summed E-state index contributed by atoms with van der Waals surface area (Å²) in [4.78, 5) is 16.6. The van der Waals surface area contributed by atoms with Gasteiger partial charge in [-0.05, 0) is 43.6 Å². The molecule has 2 aliphatic heterocycles. The fraction of sp³-hybridized carbons (Fsp3) is 0.667. The molecule has 1 spiro atoms. The SMILES string of the molecule is CNC(=O)N1CCOC2(CCN(C(Cc3ccccc3)C3CC3)CC2)C1.Cl. The van der Waals surface area contributed by atoms with Crippen molar-refractivity contribution in [3.8, 4) is 0 Å². The number of morpholine rings is 1. The molecule has 2 amide bonds. The molecule has 0 bridgehead atoms. The van der Waals surface area contributed by atoms with Crippen LogP contribution in [-0.4, -0.2) is 67.3 Å². The normalized spacial score (nSPS) is 23.5. The van der Waals surface area contributed by atoms with Gasteiger partial charge in [0.25, 0.3) is 0 Å². The number of halogens is 1. The Hall–Kier alpha value is -1.30. The molecule has 1 aromatic rings. The molecular formula is C21H32ClN3O2. The Balaban J connectivity index is 0.00000210. The summed E-state index contributed by atoms with van der Waals surface area (Å²) >= 11 is 0. The molecule has 3 aliphatic rings. The van der Waals surface area contributed by atoms with E-state index in [1.165, 1.54) is 18.4 Å². The fourth-order valence-electron chi connectivity index (χ4n) is 4.67. The maximum absolute atomic E-state index is 12.0. The topological polar surface area (TPSA) is 44.8 Å². The van der Waals surface area contributed by atoms with Crippen LogP contribution in [-0.2, 0) is 11.2 Å². The Bertz CT molecular complexity index is 615. The molecule has 1 unspecified atom stereocenters. The van der Waals surface area contributed by atoms with Crippen LogP contribution in [0.5, 0.6) is 0 Å². The van der Waals surface area contributed by atoms with Crippen molar-refractivity contribution in [3.63, 3.8) is 0 Å². The molecule has 4 rings (SSSR count). The van der Waals surface area contributed by atoms with E-state index in [2.05, 4.69) is 40.5 Å². The van der Waals surface area contributed by atoms with Crippen LogP contribution in [0.1, 0.15) is 31.2 Å². The number of ether oxygens (including phenoxy) is 1. The predicted molar refractivity (Wildman–Crippen MR) is 109 cm³/mol. The highest BCUT2D eigenvalue weighted by Gasteiger charge is 2.44. The third-order valence-corrected chi connectivity index (χ3v) is 6.38. The average Bonchev–Trinajstić information content (AvgIpc) is 3.52. The molecule has 2 heterocycles. The number of likely N-dealkylation sites (tertiary alicyclic amines) is 1. The highest BCUT2D eigenvalue weighted by molar-refractivity contribution is 5.85. The highest BCUT2D eigenvalue weighted by atomic mass is 35.5. The zero-order valence-electron chi connectivity index (χ0n) is 16.2. The van der Waals surface area contributed by atoms with E-state index >= 15 is 0 Å². The van der Waals surface area contributed by atoms with Gasteiger partial charge >= 0.3 is 6.03 Å². The van der Waals surface area contributed by atoms with Crippen LogP contribution in [0.25, 0.3) is 0 Å². The summed E-state index contributed by atoms with van der Waals surface area (Å²) in [7, 11) is 1.71. The molecule has 27 heavy (non-hydrogen) atoms. The summed E-state index contributed by atoms with van der Waals surface area (Å²) in [6.45, 7) is 4.24. The number of amides is 2. The number of urea groups is 1. The van der Waals surface area contributed by atoms with Gasteiger partial charge in [0.05, 0.1) is 18.8 Å². The van der Waals surface area contributed by atoms with E-state index in [0.717, 1.165) is 44.8 Å². The first-order valence-electron chi connectivity index (χ1n) is 10.1. The van der Waals surface area contributed by atoms with Crippen LogP contribution < -0.4 is 5.32 Å². The molecule has 1 saturated carbocycles. The number of piperidine rings is 1. The van der Waals surface area contributed by atoms with Gasteiger partial charge in [0.2, 0.25) is 0 Å². The largest absolute Gasteiger partial charge is 0.371 e. The van der Waals surface area contributed by atoms with Gasteiger partial charge in [-0.2, -0.15) is 0 Å². The number of nitrogens with zero attached hydrogens (tertiary/aromatic N) is 2. The van der Waals surface area contributed by atoms with Crippen LogP contribution in [0.4, 0.5) is 4.79 Å². The summed E-state index contributed by atoms with van der Waals surface area (Å²) in [5.74, 6) is 0.860. The molecule has 150 valence electrons. The summed E-state index contributed by atoms with van der Waals surface area (Å²) in [5.41, 5.74) is 1.31. The number of rotatable bonds is 4. The molecule has 5 nitrogen and oxygen atoms in total. The second-order valence-electron chi connectivity index (χ2n) is 8.14. The number of carbonyl (C=O) groups excluding carboxylic acids is 1. The van der Waals surface area contributed by atoms with Crippen LogP contribution >= 0.6 is 12.4 Å². The van der Waals surface area contributed by atoms with Gasteiger partial charge in [-0.25, -0.2) is 4.79 Å². The Kier molecular flexibility index (Phi) is 6.66. The monoisotopic (exact) mass is 393 g/mol. The summed E-state index contributed by atoms with van der Waals surface area (Å²) in [6.07, 6.45) is 5.96. The summed E-state index contributed by atoms with van der Waals surface area (Å²) in [5, 5.41) is 2.76. The molecule has 3 fully saturated rings. The number of hydrogen-bond acceptors (Lipinski definition) is 3. The smallest absolute Gasteiger partial charge is 0.317 e. The van der Waals surface area contributed by atoms with Gasteiger partial charge in [0, 0.05) is 32.7 Å². The third-order valence-electron chi connectivity index (χ3n) is 6.38. The van der Waals surface area contributed by atoms with Crippen LogP contribution in [0.3, 0.4) is 0 Å². The van der Waals surface area contributed by atoms with E-state index in [1.807, 2.05) is 4.90 Å². The van der Waals surface area contributed by atoms with E-state index in [1.54, 1.807) is 7.05 Å². The van der Waals surface area contributed by atoms with Crippen molar-refractivity contribution in [1.82, 2.24) is 15.1 Å².